The van der Waals surface area contributed by atoms with Gasteiger partial charge in [-0.25, -0.2) is 0 Å². The van der Waals surface area contributed by atoms with Gasteiger partial charge in [-0.15, -0.1) is 0 Å². The van der Waals surface area contributed by atoms with Crippen molar-refractivity contribution in [2.75, 3.05) is 0 Å². The van der Waals surface area contributed by atoms with Crippen LogP contribution >= 0.6 is 55.1 Å². The van der Waals surface area contributed by atoms with E-state index < -0.39 is 46.3 Å². The average Bonchev–Trinajstić information content (AvgIpc) is 3.08. The van der Waals surface area contributed by atoms with Gasteiger partial charge in [-0.2, -0.15) is 18.4 Å². The molecule has 0 aromatic heterocycles. The summed E-state index contributed by atoms with van der Waals surface area (Å²) in [5.41, 5.74) is -2.94. The van der Waals surface area contributed by atoms with Crippen LogP contribution in [-0.4, -0.2) is 10.9 Å². The van der Waals surface area contributed by atoms with E-state index in [0.717, 1.165) is 12.1 Å². The monoisotopic (exact) mass is 825 g/mol. The van der Waals surface area contributed by atoms with Gasteiger partial charge >= 0.3 is 6.18 Å². The van der Waals surface area contributed by atoms with Crippen LogP contribution in [0.3, 0.4) is 0 Å². The van der Waals surface area contributed by atoms with Gasteiger partial charge in [0.1, 0.15) is 5.60 Å². The van der Waals surface area contributed by atoms with Gasteiger partial charge < -0.3 is 5.11 Å². The Morgan fingerprint density at radius 3 is 1.90 bits per heavy atom. The quantitative estimate of drug-likeness (QED) is 0.173. The summed E-state index contributed by atoms with van der Waals surface area (Å²) < 4.78 is 44.3. The van der Waals surface area contributed by atoms with E-state index in [-0.39, 0.29) is 17.5 Å². The zero-order chi connectivity index (χ0) is 35.1. The number of hydrogen-bond donors (Lipinski definition) is 1. The summed E-state index contributed by atoms with van der Waals surface area (Å²) >= 11 is 19.5. The van der Waals surface area contributed by atoms with Crippen molar-refractivity contribution >= 4 is 60.8 Å². The number of Topliss-reactive ketones (excluding diaryl/α,β-unsaturated/α-hetero) is 1. The molecule has 0 aliphatic heterocycles. The molecule has 0 bridgehead atoms. The summed E-state index contributed by atoms with van der Waals surface area (Å²) in [6.07, 6.45) is -4.90. The van der Waals surface area contributed by atoms with Crippen molar-refractivity contribution in [2.24, 2.45) is 5.92 Å². The van der Waals surface area contributed by atoms with Crippen molar-refractivity contribution < 1.29 is 23.1 Å². The molecule has 1 N–H and O–H groups in total. The minimum atomic E-state index is -4.71. The number of hydrogen-bond acceptors (Lipinski definition) is 3. The predicted octanol–water partition coefficient (Wildman–Crippen LogP) is 11.7. The highest BCUT2D eigenvalue weighted by molar-refractivity contribution is 9.10. The minimum Gasteiger partial charge on any atom is -0.384 e. The van der Waals surface area contributed by atoms with E-state index in [1.54, 1.807) is 97.1 Å². The SMILES string of the molecule is N#C[C@@]1(c2cccc(C(F)(F)F)c2)[C@H](c2cccc(Br)c2)[C@H](C(=O)c2ccc(Cl)cc2)[C@@](O)(c2ccc(Cl)cc2)C[C@H]1c1cccc(Br)c1. The van der Waals surface area contributed by atoms with E-state index >= 15 is 4.79 Å². The molecule has 3 nitrogen and oxygen atoms in total. The summed E-state index contributed by atoms with van der Waals surface area (Å²) in [6, 6.07) is 34.1. The summed E-state index contributed by atoms with van der Waals surface area (Å²) in [5.74, 6) is -3.97. The lowest BCUT2D eigenvalue weighted by Gasteiger charge is -2.56. The summed E-state index contributed by atoms with van der Waals surface area (Å²) in [7, 11) is 0. The predicted molar refractivity (Wildman–Crippen MR) is 192 cm³/mol. The topological polar surface area (TPSA) is 61.1 Å². The normalized spacial score (nSPS) is 23.9. The average molecular weight is 828 g/mol. The van der Waals surface area contributed by atoms with Crippen molar-refractivity contribution in [1.82, 2.24) is 0 Å². The highest BCUT2D eigenvalue weighted by atomic mass is 79.9. The molecular weight excluding hydrogens is 802 g/mol. The minimum absolute atomic E-state index is 0.0758. The van der Waals surface area contributed by atoms with Gasteiger partial charge in [0.15, 0.2) is 5.78 Å². The van der Waals surface area contributed by atoms with Crippen LogP contribution in [0.1, 0.15) is 56.4 Å². The largest absolute Gasteiger partial charge is 0.416 e. The second-order valence-electron chi connectivity index (χ2n) is 12.2. The van der Waals surface area contributed by atoms with Gasteiger partial charge in [0.25, 0.3) is 0 Å². The fraction of sp³-hybridized carbons (Fsp3) is 0.179. The summed E-state index contributed by atoms with van der Waals surface area (Å²) in [6.45, 7) is 0. The Morgan fingerprint density at radius 2 is 1.33 bits per heavy atom. The first-order valence-electron chi connectivity index (χ1n) is 15.2. The Balaban J connectivity index is 1.77. The van der Waals surface area contributed by atoms with Crippen LogP contribution in [0.15, 0.2) is 130 Å². The molecule has 0 radical (unpaired) electrons. The molecule has 10 heteroatoms. The van der Waals surface area contributed by atoms with Crippen LogP contribution < -0.4 is 0 Å². The number of aliphatic hydroxyl groups is 1. The molecule has 49 heavy (non-hydrogen) atoms. The molecule has 5 atom stereocenters. The number of nitriles is 1. The Bertz CT molecular complexity index is 2070. The number of rotatable bonds is 6. The second kappa shape index (κ2) is 13.7. The molecule has 248 valence electrons. The van der Waals surface area contributed by atoms with E-state index in [9.17, 15) is 23.5 Å². The molecule has 0 saturated heterocycles. The van der Waals surface area contributed by atoms with Gasteiger partial charge in [0.2, 0.25) is 0 Å². The van der Waals surface area contributed by atoms with Crippen molar-refractivity contribution in [3.05, 3.63) is 174 Å². The first-order valence-corrected chi connectivity index (χ1v) is 17.5. The van der Waals surface area contributed by atoms with Crippen LogP contribution in [0.5, 0.6) is 0 Å². The fourth-order valence-corrected chi connectivity index (χ4v) is 8.44. The molecule has 1 saturated carbocycles. The smallest absolute Gasteiger partial charge is 0.384 e. The zero-order valence-corrected chi connectivity index (χ0v) is 30.1. The van der Waals surface area contributed by atoms with Gasteiger partial charge in [-0.05, 0) is 95.4 Å². The van der Waals surface area contributed by atoms with Gasteiger partial charge in [-0.3, -0.25) is 4.79 Å². The van der Waals surface area contributed by atoms with E-state index in [1.165, 1.54) is 12.1 Å². The maximum absolute atomic E-state index is 15.1. The lowest BCUT2D eigenvalue weighted by Crippen LogP contribution is -2.58. The molecule has 0 heterocycles. The number of benzene rings is 5. The molecule has 5 aromatic carbocycles. The standard InChI is InChI=1S/C39H26Br2Cl2F3NO2/c40-29-8-1-4-24(18-29)33-21-38(49,26-12-16-32(43)17-13-26)35(36(48)23-10-14-31(42)15-11-23)34(25-5-2-9-30(41)19-25)37(33,22-47)27-6-3-7-28(20-27)39(44,45)46/h1-20,33-35,49H,21H2/t33-,34+,35+,37-,38-/m0/s1. The lowest BCUT2D eigenvalue weighted by molar-refractivity contribution is -0.137. The van der Waals surface area contributed by atoms with Crippen LogP contribution in [0.25, 0.3) is 0 Å². The Hall–Kier alpha value is -3.45. The lowest BCUT2D eigenvalue weighted by atomic mass is 9.46. The maximum atomic E-state index is 15.1. The number of carbonyl (C=O) groups excluding carboxylic acids is 1. The molecule has 1 aliphatic carbocycles. The number of ketones is 1. The molecule has 0 spiro atoms. The third-order valence-electron chi connectivity index (χ3n) is 9.47. The molecule has 6 rings (SSSR count). The Kier molecular flexibility index (Phi) is 9.89. The van der Waals surface area contributed by atoms with Crippen LogP contribution in [0, 0.1) is 17.2 Å². The van der Waals surface area contributed by atoms with Crippen molar-refractivity contribution in [3.63, 3.8) is 0 Å². The van der Waals surface area contributed by atoms with Crippen LogP contribution in [0.2, 0.25) is 10.0 Å². The number of nitrogens with zero attached hydrogens (tertiary/aromatic N) is 1. The third kappa shape index (κ3) is 6.60. The number of alkyl halides is 3. The fourth-order valence-electron chi connectivity index (χ4n) is 7.36. The van der Waals surface area contributed by atoms with E-state index in [1.807, 2.05) is 0 Å². The van der Waals surface area contributed by atoms with Gasteiger partial charge in [0.05, 0.1) is 23.0 Å². The molecule has 0 unspecified atom stereocenters. The van der Waals surface area contributed by atoms with Crippen molar-refractivity contribution in [3.8, 4) is 6.07 Å². The van der Waals surface area contributed by atoms with Crippen molar-refractivity contribution in [1.29, 1.82) is 5.26 Å². The molecular formula is C39H26Br2Cl2F3NO2. The van der Waals surface area contributed by atoms with E-state index in [2.05, 4.69) is 37.9 Å². The third-order valence-corrected chi connectivity index (χ3v) is 11.0. The Morgan fingerprint density at radius 1 is 0.776 bits per heavy atom. The summed E-state index contributed by atoms with van der Waals surface area (Å²) in [5, 5.41) is 25.6. The second-order valence-corrected chi connectivity index (χ2v) is 14.9. The number of carbonyl (C=O) groups is 1. The number of halogens is 7. The summed E-state index contributed by atoms with van der Waals surface area (Å²) in [4.78, 5) is 15.1. The highest BCUT2D eigenvalue weighted by Crippen LogP contribution is 2.64. The molecule has 5 aromatic rings. The van der Waals surface area contributed by atoms with Gasteiger partial charge in [-0.1, -0.05) is 110 Å². The zero-order valence-electron chi connectivity index (χ0n) is 25.4. The van der Waals surface area contributed by atoms with E-state index in [4.69, 9.17) is 23.2 Å². The molecule has 0 amide bonds. The first-order chi connectivity index (χ1) is 23.3. The van der Waals surface area contributed by atoms with Crippen LogP contribution in [0.4, 0.5) is 13.2 Å². The molecule has 1 fully saturated rings. The maximum Gasteiger partial charge on any atom is 0.416 e. The van der Waals surface area contributed by atoms with Crippen LogP contribution in [-0.2, 0) is 17.2 Å². The highest BCUT2D eigenvalue weighted by Gasteiger charge is 2.64. The first kappa shape index (κ1) is 35.4. The Labute approximate surface area is 308 Å². The van der Waals surface area contributed by atoms with Gasteiger partial charge in [0, 0.05) is 36.4 Å². The van der Waals surface area contributed by atoms with Crippen molar-refractivity contribution in [2.45, 2.75) is 35.4 Å². The molecule has 1 aliphatic rings. The van der Waals surface area contributed by atoms with E-state index in [0.29, 0.717) is 35.7 Å².